The zero-order chi connectivity index (χ0) is 19.2. The number of nitrogens with one attached hydrogen (secondary N) is 2. The molecular formula is C20H21F2N3O2. The van der Waals surface area contributed by atoms with E-state index in [0.717, 1.165) is 30.3 Å². The monoisotopic (exact) mass is 373 g/mol. The number of anilines is 2. The van der Waals surface area contributed by atoms with Crippen LogP contribution in [0.5, 0.6) is 0 Å². The fourth-order valence-corrected chi connectivity index (χ4v) is 3.06. The van der Waals surface area contributed by atoms with Gasteiger partial charge in [-0.25, -0.2) is 8.78 Å². The fourth-order valence-electron chi connectivity index (χ4n) is 3.06. The van der Waals surface area contributed by atoms with Gasteiger partial charge in [-0.15, -0.1) is 0 Å². The third kappa shape index (κ3) is 5.03. The summed E-state index contributed by atoms with van der Waals surface area (Å²) in [5.74, 6) is -2.56. The first-order valence-corrected chi connectivity index (χ1v) is 8.86. The first kappa shape index (κ1) is 18.8. The van der Waals surface area contributed by atoms with Crippen LogP contribution in [0.2, 0.25) is 0 Å². The molecule has 0 saturated carbocycles. The zero-order valence-electron chi connectivity index (χ0n) is 14.8. The van der Waals surface area contributed by atoms with Crippen molar-refractivity contribution in [3.8, 4) is 0 Å². The SMILES string of the molecule is O=C(NCCCNc1ccccc1)C1CC(=O)N(c2cc(F)cc(F)c2)C1. The molecule has 1 aliphatic heterocycles. The molecule has 2 N–H and O–H groups in total. The van der Waals surface area contributed by atoms with Gasteiger partial charge in [0, 0.05) is 43.5 Å². The summed E-state index contributed by atoms with van der Waals surface area (Å²) in [6.45, 7) is 1.32. The highest BCUT2D eigenvalue weighted by Crippen LogP contribution is 2.26. The molecule has 7 heteroatoms. The minimum Gasteiger partial charge on any atom is -0.385 e. The number of benzene rings is 2. The number of rotatable bonds is 7. The van der Waals surface area contributed by atoms with Crippen molar-refractivity contribution >= 4 is 23.2 Å². The molecule has 0 aliphatic carbocycles. The summed E-state index contributed by atoms with van der Waals surface area (Å²) in [7, 11) is 0. The van der Waals surface area contributed by atoms with E-state index >= 15 is 0 Å². The van der Waals surface area contributed by atoms with Crippen molar-refractivity contribution in [1.82, 2.24) is 5.32 Å². The van der Waals surface area contributed by atoms with Gasteiger partial charge >= 0.3 is 0 Å². The number of amides is 2. The molecule has 1 fully saturated rings. The lowest BCUT2D eigenvalue weighted by molar-refractivity contribution is -0.126. The van der Waals surface area contributed by atoms with Crippen LogP contribution in [-0.4, -0.2) is 31.4 Å². The second-order valence-corrected chi connectivity index (χ2v) is 6.47. The Morgan fingerprint density at radius 3 is 2.48 bits per heavy atom. The number of carbonyl (C=O) groups excluding carboxylic acids is 2. The minimum atomic E-state index is -0.753. The van der Waals surface area contributed by atoms with Gasteiger partial charge in [0.05, 0.1) is 5.92 Å². The molecule has 2 aromatic carbocycles. The van der Waals surface area contributed by atoms with Gasteiger partial charge in [-0.05, 0) is 30.7 Å². The van der Waals surface area contributed by atoms with Crippen LogP contribution in [-0.2, 0) is 9.59 Å². The molecule has 5 nitrogen and oxygen atoms in total. The third-order valence-electron chi connectivity index (χ3n) is 4.41. The molecule has 0 radical (unpaired) electrons. The van der Waals surface area contributed by atoms with Crippen molar-refractivity contribution in [2.24, 2.45) is 5.92 Å². The van der Waals surface area contributed by atoms with E-state index in [9.17, 15) is 18.4 Å². The maximum Gasteiger partial charge on any atom is 0.227 e. The molecule has 0 aromatic heterocycles. The van der Waals surface area contributed by atoms with Crippen LogP contribution in [0.4, 0.5) is 20.2 Å². The van der Waals surface area contributed by atoms with E-state index in [2.05, 4.69) is 10.6 Å². The summed E-state index contributed by atoms with van der Waals surface area (Å²) in [5.41, 5.74) is 1.16. The zero-order valence-corrected chi connectivity index (χ0v) is 14.8. The Hall–Kier alpha value is -2.96. The molecule has 1 unspecified atom stereocenters. The van der Waals surface area contributed by atoms with E-state index in [1.165, 1.54) is 4.90 Å². The Balaban J connectivity index is 1.45. The second-order valence-electron chi connectivity index (χ2n) is 6.47. The van der Waals surface area contributed by atoms with Crippen LogP contribution >= 0.6 is 0 Å². The summed E-state index contributed by atoms with van der Waals surface area (Å²) in [6, 6.07) is 12.7. The Morgan fingerprint density at radius 2 is 1.78 bits per heavy atom. The smallest absolute Gasteiger partial charge is 0.227 e. The largest absolute Gasteiger partial charge is 0.385 e. The number of hydrogen-bond donors (Lipinski definition) is 2. The van der Waals surface area contributed by atoms with Crippen LogP contribution in [0.1, 0.15) is 12.8 Å². The highest BCUT2D eigenvalue weighted by molar-refractivity contribution is 6.00. The van der Waals surface area contributed by atoms with Gasteiger partial charge in [-0.2, -0.15) is 0 Å². The highest BCUT2D eigenvalue weighted by atomic mass is 19.1. The minimum absolute atomic E-state index is 0.0340. The first-order chi connectivity index (χ1) is 13.0. The topological polar surface area (TPSA) is 61.4 Å². The van der Waals surface area contributed by atoms with Crippen molar-refractivity contribution in [3.63, 3.8) is 0 Å². The molecular weight excluding hydrogens is 352 g/mol. The number of halogens is 2. The Bertz CT molecular complexity index is 794. The van der Waals surface area contributed by atoms with Crippen LogP contribution in [0.3, 0.4) is 0 Å². The lowest BCUT2D eigenvalue weighted by atomic mass is 10.1. The average molecular weight is 373 g/mol. The molecule has 1 heterocycles. The predicted octanol–water partition coefficient (Wildman–Crippen LogP) is 2.94. The average Bonchev–Trinajstić information content (AvgIpc) is 3.03. The Morgan fingerprint density at radius 1 is 1.07 bits per heavy atom. The molecule has 142 valence electrons. The molecule has 27 heavy (non-hydrogen) atoms. The van der Waals surface area contributed by atoms with Crippen LogP contribution in [0, 0.1) is 17.6 Å². The summed E-state index contributed by atoms with van der Waals surface area (Å²) >= 11 is 0. The van der Waals surface area contributed by atoms with Crippen LogP contribution in [0.25, 0.3) is 0 Å². The van der Waals surface area contributed by atoms with Gasteiger partial charge in [0.1, 0.15) is 11.6 Å². The van der Waals surface area contributed by atoms with E-state index in [4.69, 9.17) is 0 Å². The number of nitrogens with zero attached hydrogens (tertiary/aromatic N) is 1. The molecule has 0 spiro atoms. The predicted molar refractivity (Wildman–Crippen MR) is 99.4 cm³/mol. The summed E-state index contributed by atoms with van der Waals surface area (Å²) < 4.78 is 26.7. The molecule has 2 amide bonds. The third-order valence-corrected chi connectivity index (χ3v) is 4.41. The maximum atomic E-state index is 13.4. The molecule has 3 rings (SSSR count). The van der Waals surface area contributed by atoms with Crippen molar-refractivity contribution in [2.45, 2.75) is 12.8 Å². The van der Waals surface area contributed by atoms with E-state index in [1.807, 2.05) is 30.3 Å². The van der Waals surface area contributed by atoms with Gasteiger partial charge in [0.2, 0.25) is 11.8 Å². The van der Waals surface area contributed by atoms with E-state index in [1.54, 1.807) is 0 Å². The Labute approximate surface area is 156 Å². The van der Waals surface area contributed by atoms with Crippen molar-refractivity contribution in [1.29, 1.82) is 0 Å². The van der Waals surface area contributed by atoms with Crippen molar-refractivity contribution in [2.75, 3.05) is 29.9 Å². The standard InChI is InChI=1S/C20H21F2N3O2/c21-15-10-16(22)12-18(11-15)25-13-14(9-19(25)26)20(27)24-8-4-7-23-17-5-2-1-3-6-17/h1-3,5-6,10-12,14,23H,4,7-9,13H2,(H,24,27). The summed E-state index contributed by atoms with van der Waals surface area (Å²) in [4.78, 5) is 25.7. The normalized spacial score (nSPS) is 16.4. The van der Waals surface area contributed by atoms with Crippen LogP contribution < -0.4 is 15.5 Å². The quantitative estimate of drug-likeness (QED) is 0.734. The lowest BCUT2D eigenvalue weighted by Crippen LogP contribution is -2.34. The van der Waals surface area contributed by atoms with Crippen molar-refractivity contribution < 1.29 is 18.4 Å². The van der Waals surface area contributed by atoms with E-state index < -0.39 is 17.6 Å². The van der Waals surface area contributed by atoms with Gasteiger partial charge in [0.25, 0.3) is 0 Å². The van der Waals surface area contributed by atoms with E-state index in [-0.39, 0.29) is 30.5 Å². The van der Waals surface area contributed by atoms with E-state index in [0.29, 0.717) is 13.1 Å². The maximum absolute atomic E-state index is 13.4. The molecule has 1 atom stereocenters. The van der Waals surface area contributed by atoms with Crippen molar-refractivity contribution in [3.05, 3.63) is 60.2 Å². The number of carbonyl (C=O) groups is 2. The number of hydrogen-bond acceptors (Lipinski definition) is 3. The van der Waals surface area contributed by atoms with Gasteiger partial charge in [-0.3, -0.25) is 9.59 Å². The fraction of sp³-hybridized carbons (Fsp3) is 0.300. The summed E-state index contributed by atoms with van der Waals surface area (Å²) in [5, 5.41) is 6.07. The second kappa shape index (κ2) is 8.62. The molecule has 0 bridgehead atoms. The Kier molecular flexibility index (Phi) is 6.01. The van der Waals surface area contributed by atoms with Gasteiger partial charge in [0.15, 0.2) is 0 Å². The van der Waals surface area contributed by atoms with Gasteiger partial charge < -0.3 is 15.5 Å². The molecule has 2 aromatic rings. The lowest BCUT2D eigenvalue weighted by Gasteiger charge is -2.17. The molecule has 1 aliphatic rings. The number of para-hydroxylation sites is 1. The van der Waals surface area contributed by atoms with Crippen LogP contribution in [0.15, 0.2) is 48.5 Å². The highest BCUT2D eigenvalue weighted by Gasteiger charge is 2.35. The van der Waals surface area contributed by atoms with Gasteiger partial charge in [-0.1, -0.05) is 18.2 Å². The molecule has 1 saturated heterocycles. The first-order valence-electron chi connectivity index (χ1n) is 8.86. The summed E-state index contributed by atoms with van der Waals surface area (Å²) in [6.07, 6.45) is 0.770.